The molecule has 0 saturated heterocycles. The van der Waals surface area contributed by atoms with Crippen LogP contribution < -0.4 is 0 Å². The Morgan fingerprint density at radius 3 is 1.57 bits per heavy atom. The molecule has 262 valence electrons. The molecule has 0 saturated carbocycles. The Balaban J connectivity index is 1.06. The van der Waals surface area contributed by atoms with Crippen LogP contribution in [0.1, 0.15) is 25.0 Å². The maximum atomic E-state index is 6.50. The molecule has 0 unspecified atom stereocenters. The van der Waals surface area contributed by atoms with Crippen molar-refractivity contribution in [2.24, 2.45) is 0 Å². The van der Waals surface area contributed by atoms with Crippen molar-refractivity contribution in [3.8, 4) is 44.5 Å². The molecule has 0 bridgehead atoms. The predicted octanol–water partition coefficient (Wildman–Crippen LogP) is 15.5. The molecule has 0 amide bonds. The molecule has 1 aliphatic carbocycles. The lowest BCUT2D eigenvalue weighted by molar-refractivity contribution is 0.665. The Kier molecular flexibility index (Phi) is 6.46. The Labute approximate surface area is 325 Å². The van der Waals surface area contributed by atoms with Crippen LogP contribution in [0.25, 0.3) is 110 Å². The van der Waals surface area contributed by atoms with E-state index in [1.807, 2.05) is 6.07 Å². The van der Waals surface area contributed by atoms with Crippen LogP contribution in [-0.2, 0) is 5.41 Å². The molecule has 0 fully saturated rings. The van der Waals surface area contributed by atoms with Crippen LogP contribution in [0.4, 0.5) is 0 Å². The Hall–Kier alpha value is -6.96. The van der Waals surface area contributed by atoms with E-state index in [2.05, 4.69) is 190 Å². The van der Waals surface area contributed by atoms with E-state index < -0.39 is 0 Å². The second-order valence-electron chi connectivity index (χ2n) is 15.9. The first-order valence-corrected chi connectivity index (χ1v) is 19.6. The summed E-state index contributed by atoms with van der Waals surface area (Å²) in [5.41, 5.74) is 14.7. The highest BCUT2D eigenvalue weighted by atomic mass is 16.3. The highest BCUT2D eigenvalue weighted by Crippen LogP contribution is 2.54. The standard InChI is InChI=1S/C55H36O/c1-55(2)49-31-24-34(32-48(49)45-28-30-47-44(53(45)55)27-29-46-38-18-12-13-23-50(38)56-54(46)47)35-25-26-43(37-17-7-6-16-36(35)37)52-41-21-10-8-19-39(41)51(33-14-4-3-5-15-33)40-20-9-11-22-42(40)52/h3-32H,1-2H3. The Morgan fingerprint density at radius 1 is 0.339 bits per heavy atom. The lowest BCUT2D eigenvalue weighted by atomic mass is 9.79. The van der Waals surface area contributed by atoms with E-state index in [0.717, 1.165) is 11.2 Å². The van der Waals surface area contributed by atoms with Crippen molar-refractivity contribution < 1.29 is 4.42 Å². The summed E-state index contributed by atoms with van der Waals surface area (Å²) in [6.07, 6.45) is 0. The van der Waals surface area contributed by atoms with Gasteiger partial charge in [0.15, 0.2) is 0 Å². The zero-order chi connectivity index (χ0) is 37.1. The maximum Gasteiger partial charge on any atom is 0.143 e. The third-order valence-corrected chi connectivity index (χ3v) is 12.6. The van der Waals surface area contributed by atoms with Gasteiger partial charge in [-0.25, -0.2) is 0 Å². The molecule has 0 spiro atoms. The molecule has 0 N–H and O–H groups in total. The smallest absolute Gasteiger partial charge is 0.143 e. The first kappa shape index (κ1) is 31.4. The van der Waals surface area contributed by atoms with Crippen LogP contribution in [0.3, 0.4) is 0 Å². The van der Waals surface area contributed by atoms with Crippen molar-refractivity contribution in [3.05, 3.63) is 193 Å². The van der Waals surface area contributed by atoms with Gasteiger partial charge in [-0.15, -0.1) is 0 Å². The summed E-state index contributed by atoms with van der Waals surface area (Å²) in [6, 6.07) is 67.1. The minimum Gasteiger partial charge on any atom is -0.455 e. The van der Waals surface area contributed by atoms with Gasteiger partial charge in [-0.2, -0.15) is 0 Å². The number of benzene rings is 10. The fourth-order valence-corrected chi connectivity index (χ4v) is 10.2. The molecule has 1 aromatic heterocycles. The topological polar surface area (TPSA) is 13.1 Å². The number of hydrogen-bond acceptors (Lipinski definition) is 1. The molecule has 12 rings (SSSR count). The van der Waals surface area contributed by atoms with Crippen molar-refractivity contribution in [2.75, 3.05) is 0 Å². The van der Waals surface area contributed by atoms with Crippen molar-refractivity contribution >= 4 is 65.0 Å². The molecule has 0 radical (unpaired) electrons. The summed E-state index contributed by atoms with van der Waals surface area (Å²) in [7, 11) is 0. The van der Waals surface area contributed by atoms with Gasteiger partial charge in [0.05, 0.1) is 0 Å². The summed E-state index contributed by atoms with van der Waals surface area (Å²) in [4.78, 5) is 0. The molecule has 11 aromatic rings. The third-order valence-electron chi connectivity index (χ3n) is 12.6. The molecule has 1 aliphatic rings. The van der Waals surface area contributed by atoms with Crippen LogP contribution in [0.2, 0.25) is 0 Å². The molecular formula is C55H36O. The van der Waals surface area contributed by atoms with Crippen molar-refractivity contribution in [1.29, 1.82) is 0 Å². The summed E-state index contributed by atoms with van der Waals surface area (Å²) >= 11 is 0. The Bertz CT molecular complexity index is 3380. The number of fused-ring (bicyclic) bond motifs is 12. The average Bonchev–Trinajstić information content (AvgIpc) is 3.74. The van der Waals surface area contributed by atoms with Gasteiger partial charge in [0.25, 0.3) is 0 Å². The van der Waals surface area contributed by atoms with Crippen LogP contribution >= 0.6 is 0 Å². The van der Waals surface area contributed by atoms with Crippen molar-refractivity contribution in [2.45, 2.75) is 19.3 Å². The van der Waals surface area contributed by atoms with Gasteiger partial charge in [0, 0.05) is 21.6 Å². The highest BCUT2D eigenvalue weighted by molar-refractivity contribution is 6.24. The fraction of sp³-hybridized carbons (Fsp3) is 0.0545. The van der Waals surface area contributed by atoms with Gasteiger partial charge in [-0.05, 0) is 118 Å². The molecular weight excluding hydrogens is 677 g/mol. The predicted molar refractivity (Wildman–Crippen MR) is 238 cm³/mol. The summed E-state index contributed by atoms with van der Waals surface area (Å²) < 4.78 is 6.50. The molecule has 0 atom stereocenters. The second-order valence-corrected chi connectivity index (χ2v) is 15.9. The van der Waals surface area contributed by atoms with Gasteiger partial charge >= 0.3 is 0 Å². The van der Waals surface area contributed by atoms with E-state index in [1.165, 1.54) is 109 Å². The van der Waals surface area contributed by atoms with Gasteiger partial charge in [-0.1, -0.05) is 172 Å². The minimum absolute atomic E-state index is 0.164. The lowest BCUT2D eigenvalue weighted by Gasteiger charge is -2.23. The third kappa shape index (κ3) is 4.26. The molecule has 10 aromatic carbocycles. The number of para-hydroxylation sites is 1. The number of hydrogen-bond donors (Lipinski definition) is 0. The van der Waals surface area contributed by atoms with Gasteiger partial charge < -0.3 is 4.42 Å². The average molecular weight is 713 g/mol. The fourth-order valence-electron chi connectivity index (χ4n) is 10.2. The normalized spacial score (nSPS) is 13.3. The van der Waals surface area contributed by atoms with E-state index >= 15 is 0 Å². The maximum absolute atomic E-state index is 6.50. The number of furan rings is 1. The summed E-state index contributed by atoms with van der Waals surface area (Å²) in [5.74, 6) is 0. The largest absolute Gasteiger partial charge is 0.455 e. The molecule has 1 heterocycles. The second kappa shape index (κ2) is 11.5. The Morgan fingerprint density at radius 2 is 0.857 bits per heavy atom. The first-order valence-electron chi connectivity index (χ1n) is 19.6. The van der Waals surface area contributed by atoms with Crippen molar-refractivity contribution in [3.63, 3.8) is 0 Å². The molecule has 1 heteroatoms. The number of rotatable bonds is 3. The quantitative estimate of drug-likeness (QED) is 0.166. The van der Waals surface area contributed by atoms with Crippen molar-refractivity contribution in [1.82, 2.24) is 0 Å². The first-order chi connectivity index (χ1) is 27.6. The van der Waals surface area contributed by atoms with Crippen LogP contribution in [0.15, 0.2) is 186 Å². The van der Waals surface area contributed by atoms with E-state index in [9.17, 15) is 0 Å². The van der Waals surface area contributed by atoms with E-state index in [-0.39, 0.29) is 5.41 Å². The summed E-state index contributed by atoms with van der Waals surface area (Å²) in [6.45, 7) is 4.75. The summed E-state index contributed by atoms with van der Waals surface area (Å²) in [5, 5.41) is 12.4. The zero-order valence-corrected chi connectivity index (χ0v) is 31.2. The van der Waals surface area contributed by atoms with E-state index in [4.69, 9.17) is 4.42 Å². The zero-order valence-electron chi connectivity index (χ0n) is 31.2. The molecule has 56 heavy (non-hydrogen) atoms. The van der Waals surface area contributed by atoms with Gasteiger partial charge in [-0.3, -0.25) is 0 Å². The van der Waals surface area contributed by atoms with Crippen LogP contribution in [0.5, 0.6) is 0 Å². The SMILES string of the molecule is CC1(C)c2ccc(-c3ccc(-c4c5ccccc5c(-c5ccccc5)c5ccccc45)c4ccccc34)cc2-c2ccc3c(ccc4c5ccccc5oc34)c21. The highest BCUT2D eigenvalue weighted by Gasteiger charge is 2.37. The minimum atomic E-state index is -0.164. The molecule has 0 aliphatic heterocycles. The lowest BCUT2D eigenvalue weighted by Crippen LogP contribution is -2.15. The van der Waals surface area contributed by atoms with Gasteiger partial charge in [0.1, 0.15) is 11.2 Å². The van der Waals surface area contributed by atoms with Crippen LogP contribution in [-0.4, -0.2) is 0 Å². The monoisotopic (exact) mass is 712 g/mol. The van der Waals surface area contributed by atoms with E-state index in [0.29, 0.717) is 0 Å². The van der Waals surface area contributed by atoms with Gasteiger partial charge in [0.2, 0.25) is 0 Å². The molecule has 1 nitrogen and oxygen atoms in total. The van der Waals surface area contributed by atoms with Crippen LogP contribution in [0, 0.1) is 0 Å². The van der Waals surface area contributed by atoms with E-state index in [1.54, 1.807) is 0 Å².